The molecule has 0 N–H and O–H groups in total. The van der Waals surface area contributed by atoms with Crippen molar-refractivity contribution >= 4 is 43.1 Å². The number of hydrogen-bond donors (Lipinski definition) is 0. The number of hydrogen-bond acceptors (Lipinski definition) is 0. The molecule has 0 aliphatic rings. The summed E-state index contributed by atoms with van der Waals surface area (Å²) in [6, 6.07) is 53.7. The van der Waals surface area contributed by atoms with Crippen LogP contribution in [0.3, 0.4) is 0 Å². The zero-order valence-corrected chi connectivity index (χ0v) is 23.9. The normalized spacial score (nSPS) is 11.6. The maximum Gasteiger partial charge on any atom is -0.00201 e. The standard InChI is InChI=1S/C42H30/c1-27-23-24-30(25-28(27)2)41-34-17-8-10-19-36(34)42(37-20-11-9-18-35(37)41)38-22-12-21-33-31-15-6-7-16-32(31)39(26-40(33)38)29-13-4-3-5-14-29/h3-26H,1-2H3. The first-order chi connectivity index (χ1) is 20.7. The molecule has 0 heteroatoms. The molecular weight excluding hydrogens is 504 g/mol. The summed E-state index contributed by atoms with van der Waals surface area (Å²) in [6.45, 7) is 4.40. The molecule has 0 bridgehead atoms. The average molecular weight is 535 g/mol. The molecule has 0 saturated carbocycles. The van der Waals surface area contributed by atoms with Crippen LogP contribution in [-0.4, -0.2) is 0 Å². The van der Waals surface area contributed by atoms with Gasteiger partial charge in [-0.05, 0) is 108 Å². The number of fused-ring (bicyclic) bond motifs is 5. The van der Waals surface area contributed by atoms with Gasteiger partial charge < -0.3 is 0 Å². The Hall–Kier alpha value is -5.20. The fraction of sp³-hybridized carbons (Fsp3) is 0.0476. The van der Waals surface area contributed by atoms with Crippen LogP contribution in [0.2, 0.25) is 0 Å². The second-order valence-electron chi connectivity index (χ2n) is 11.4. The van der Waals surface area contributed by atoms with E-state index in [4.69, 9.17) is 0 Å². The highest BCUT2D eigenvalue weighted by Gasteiger charge is 2.19. The van der Waals surface area contributed by atoms with Crippen LogP contribution in [0.25, 0.3) is 76.5 Å². The SMILES string of the molecule is Cc1ccc(-c2c3ccccc3c(-c3cccc4c3cc(-c3ccccc3)c3ccccc34)c3ccccc23)cc1C. The van der Waals surface area contributed by atoms with E-state index >= 15 is 0 Å². The summed E-state index contributed by atoms with van der Waals surface area (Å²) >= 11 is 0. The van der Waals surface area contributed by atoms with E-state index in [1.807, 2.05) is 0 Å². The first-order valence-corrected chi connectivity index (χ1v) is 14.7. The third-order valence-corrected chi connectivity index (χ3v) is 8.98. The lowest BCUT2D eigenvalue weighted by Gasteiger charge is -2.20. The number of benzene rings is 8. The molecule has 0 aromatic heterocycles. The van der Waals surface area contributed by atoms with Crippen molar-refractivity contribution in [2.45, 2.75) is 13.8 Å². The van der Waals surface area contributed by atoms with Gasteiger partial charge in [0.05, 0.1) is 0 Å². The zero-order chi connectivity index (χ0) is 28.2. The number of rotatable bonds is 3. The van der Waals surface area contributed by atoms with Crippen LogP contribution in [0.1, 0.15) is 11.1 Å². The molecule has 0 atom stereocenters. The third kappa shape index (κ3) is 3.76. The summed E-state index contributed by atoms with van der Waals surface area (Å²) in [5.74, 6) is 0. The van der Waals surface area contributed by atoms with Gasteiger partial charge in [0.15, 0.2) is 0 Å². The van der Waals surface area contributed by atoms with Crippen LogP contribution in [0.4, 0.5) is 0 Å². The highest BCUT2D eigenvalue weighted by atomic mass is 14.2. The topological polar surface area (TPSA) is 0 Å². The molecule has 0 aliphatic heterocycles. The lowest BCUT2D eigenvalue weighted by atomic mass is 9.83. The molecule has 0 aliphatic carbocycles. The Morgan fingerprint density at radius 3 is 1.45 bits per heavy atom. The lowest BCUT2D eigenvalue weighted by Crippen LogP contribution is -1.93. The van der Waals surface area contributed by atoms with Crippen molar-refractivity contribution in [3.63, 3.8) is 0 Å². The maximum atomic E-state index is 2.42. The smallest absolute Gasteiger partial charge is 0.00201 e. The van der Waals surface area contributed by atoms with Gasteiger partial charge in [-0.3, -0.25) is 0 Å². The zero-order valence-electron chi connectivity index (χ0n) is 23.9. The molecule has 0 spiro atoms. The summed E-state index contributed by atoms with van der Waals surface area (Å²) in [5, 5.41) is 10.3. The molecule has 8 aromatic carbocycles. The summed E-state index contributed by atoms with van der Waals surface area (Å²) in [4.78, 5) is 0. The van der Waals surface area contributed by atoms with Crippen LogP contribution >= 0.6 is 0 Å². The quantitative estimate of drug-likeness (QED) is 0.156. The maximum absolute atomic E-state index is 2.42. The van der Waals surface area contributed by atoms with Crippen LogP contribution < -0.4 is 0 Å². The fourth-order valence-corrected chi connectivity index (χ4v) is 6.83. The monoisotopic (exact) mass is 534 g/mol. The molecule has 8 rings (SSSR count). The van der Waals surface area contributed by atoms with Crippen molar-refractivity contribution in [2.75, 3.05) is 0 Å². The van der Waals surface area contributed by atoms with Crippen molar-refractivity contribution in [1.82, 2.24) is 0 Å². The summed E-state index contributed by atoms with van der Waals surface area (Å²) in [7, 11) is 0. The second kappa shape index (κ2) is 9.72. The Bertz CT molecular complexity index is 2250. The molecular formula is C42H30. The predicted octanol–water partition coefficient (Wildman–Crippen LogP) is 11.9. The largest absolute Gasteiger partial charge is 0.0622 e. The van der Waals surface area contributed by atoms with Gasteiger partial charge in [-0.15, -0.1) is 0 Å². The summed E-state index contributed by atoms with van der Waals surface area (Å²) in [6.07, 6.45) is 0. The Kier molecular flexibility index (Phi) is 5.69. The van der Waals surface area contributed by atoms with E-state index in [9.17, 15) is 0 Å². The van der Waals surface area contributed by atoms with Crippen molar-refractivity contribution < 1.29 is 0 Å². The van der Waals surface area contributed by atoms with Crippen LogP contribution in [-0.2, 0) is 0 Å². The highest BCUT2D eigenvalue weighted by Crippen LogP contribution is 2.47. The molecule has 0 heterocycles. The van der Waals surface area contributed by atoms with Gasteiger partial charge in [-0.25, -0.2) is 0 Å². The van der Waals surface area contributed by atoms with Gasteiger partial charge in [-0.2, -0.15) is 0 Å². The van der Waals surface area contributed by atoms with Crippen molar-refractivity contribution in [3.8, 4) is 33.4 Å². The van der Waals surface area contributed by atoms with Gasteiger partial charge in [0, 0.05) is 0 Å². The minimum Gasteiger partial charge on any atom is -0.0622 e. The molecule has 198 valence electrons. The van der Waals surface area contributed by atoms with E-state index in [2.05, 4.69) is 159 Å². The van der Waals surface area contributed by atoms with Crippen molar-refractivity contribution in [3.05, 3.63) is 157 Å². The molecule has 0 nitrogen and oxygen atoms in total. The molecule has 0 unspecified atom stereocenters. The Balaban J connectivity index is 1.53. The van der Waals surface area contributed by atoms with Gasteiger partial charge in [-0.1, -0.05) is 140 Å². The average Bonchev–Trinajstić information content (AvgIpc) is 3.05. The Morgan fingerprint density at radius 1 is 0.286 bits per heavy atom. The van der Waals surface area contributed by atoms with E-state index in [1.54, 1.807) is 0 Å². The van der Waals surface area contributed by atoms with E-state index in [0.29, 0.717) is 0 Å². The summed E-state index contributed by atoms with van der Waals surface area (Å²) < 4.78 is 0. The number of aryl methyl sites for hydroxylation is 2. The fourth-order valence-electron chi connectivity index (χ4n) is 6.83. The van der Waals surface area contributed by atoms with Crippen LogP contribution in [0, 0.1) is 13.8 Å². The molecule has 0 amide bonds. The van der Waals surface area contributed by atoms with Gasteiger partial charge in [0.2, 0.25) is 0 Å². The molecule has 42 heavy (non-hydrogen) atoms. The predicted molar refractivity (Wildman–Crippen MR) is 182 cm³/mol. The van der Waals surface area contributed by atoms with Crippen LogP contribution in [0.5, 0.6) is 0 Å². The van der Waals surface area contributed by atoms with E-state index in [0.717, 1.165) is 0 Å². The Labute approximate surface area is 246 Å². The van der Waals surface area contributed by atoms with Crippen molar-refractivity contribution in [2.24, 2.45) is 0 Å². The molecule has 0 saturated heterocycles. The van der Waals surface area contributed by atoms with Gasteiger partial charge in [0.25, 0.3) is 0 Å². The second-order valence-corrected chi connectivity index (χ2v) is 11.4. The lowest BCUT2D eigenvalue weighted by molar-refractivity contribution is 1.34. The molecule has 0 radical (unpaired) electrons. The van der Waals surface area contributed by atoms with Crippen LogP contribution in [0.15, 0.2) is 146 Å². The Morgan fingerprint density at radius 2 is 0.810 bits per heavy atom. The minimum absolute atomic E-state index is 1.24. The van der Waals surface area contributed by atoms with Gasteiger partial charge in [0.1, 0.15) is 0 Å². The van der Waals surface area contributed by atoms with E-state index < -0.39 is 0 Å². The molecule has 0 fully saturated rings. The molecule has 8 aromatic rings. The van der Waals surface area contributed by atoms with E-state index in [1.165, 1.54) is 87.6 Å². The van der Waals surface area contributed by atoms with Crippen molar-refractivity contribution in [1.29, 1.82) is 0 Å². The first kappa shape index (κ1) is 24.6. The summed E-state index contributed by atoms with van der Waals surface area (Å²) in [5.41, 5.74) is 10.3. The highest BCUT2D eigenvalue weighted by molar-refractivity contribution is 6.25. The van der Waals surface area contributed by atoms with Gasteiger partial charge >= 0.3 is 0 Å². The van der Waals surface area contributed by atoms with E-state index in [-0.39, 0.29) is 0 Å². The first-order valence-electron chi connectivity index (χ1n) is 14.7. The minimum atomic E-state index is 1.24. The third-order valence-electron chi connectivity index (χ3n) is 8.98.